The fourth-order valence-corrected chi connectivity index (χ4v) is 1.85. The van der Waals surface area contributed by atoms with Crippen molar-refractivity contribution in [1.82, 2.24) is 4.90 Å². The minimum atomic E-state index is -0.466. The molecule has 0 spiro atoms. The van der Waals surface area contributed by atoms with Gasteiger partial charge in [0.05, 0.1) is 5.69 Å². The number of hydrogen-bond donors (Lipinski definition) is 1. The molecule has 0 heterocycles. The zero-order valence-corrected chi connectivity index (χ0v) is 11.0. The van der Waals surface area contributed by atoms with Gasteiger partial charge in [-0.25, -0.2) is 4.39 Å². The van der Waals surface area contributed by atoms with Gasteiger partial charge in [0.25, 0.3) is 0 Å². The van der Waals surface area contributed by atoms with Gasteiger partial charge in [-0.05, 0) is 38.2 Å². The molecule has 0 amide bonds. The molecule has 1 rings (SSSR count). The van der Waals surface area contributed by atoms with Gasteiger partial charge in [-0.15, -0.1) is 0 Å². The Kier molecular flexibility index (Phi) is 6.16. The van der Waals surface area contributed by atoms with Gasteiger partial charge in [0.2, 0.25) is 0 Å². The summed E-state index contributed by atoms with van der Waals surface area (Å²) in [4.78, 5) is 2.33. The van der Waals surface area contributed by atoms with E-state index in [1.807, 2.05) is 6.07 Å². The fourth-order valence-electron chi connectivity index (χ4n) is 1.85. The lowest BCUT2D eigenvalue weighted by Gasteiger charge is -2.18. The first-order valence-corrected chi connectivity index (χ1v) is 6.37. The smallest absolute Gasteiger partial charge is 0.143 e. The van der Waals surface area contributed by atoms with Crippen molar-refractivity contribution in [3.05, 3.63) is 29.6 Å². The number of benzene rings is 1. The average molecular weight is 249 g/mol. The predicted molar refractivity (Wildman–Crippen MR) is 72.0 cm³/mol. The summed E-state index contributed by atoms with van der Waals surface area (Å²) in [6.45, 7) is 8.11. The summed E-state index contributed by atoms with van der Waals surface area (Å²) in [5, 5.41) is 12.0. The highest BCUT2D eigenvalue weighted by Crippen LogP contribution is 2.17. The van der Waals surface area contributed by atoms with Crippen LogP contribution in [0.4, 0.5) is 10.1 Å². The molecule has 98 valence electrons. The van der Waals surface area contributed by atoms with Crippen LogP contribution < -0.4 is 5.32 Å². The summed E-state index contributed by atoms with van der Waals surface area (Å²) in [5.41, 5.74) is 0.678. The summed E-state index contributed by atoms with van der Waals surface area (Å²) in [6, 6.07) is 6.54. The number of nitrogens with zero attached hydrogens (tertiary/aromatic N) is 2. The molecule has 18 heavy (non-hydrogen) atoms. The van der Waals surface area contributed by atoms with Crippen LogP contribution in [0.3, 0.4) is 0 Å². The molecule has 0 atom stereocenters. The quantitative estimate of drug-likeness (QED) is 0.755. The second-order valence-electron chi connectivity index (χ2n) is 4.08. The largest absolute Gasteiger partial charge is 0.384 e. The third-order valence-electron chi connectivity index (χ3n) is 2.99. The Bertz CT molecular complexity index is 408. The number of rotatable bonds is 7. The minimum absolute atomic E-state index is 0.0975. The molecule has 4 heteroatoms. The molecule has 0 aromatic heterocycles. The van der Waals surface area contributed by atoms with Crippen molar-refractivity contribution in [2.75, 3.05) is 31.5 Å². The molecular weight excluding hydrogens is 229 g/mol. The molecule has 0 saturated carbocycles. The number of halogens is 1. The lowest BCUT2D eigenvalue weighted by Crippen LogP contribution is -2.25. The van der Waals surface area contributed by atoms with E-state index in [0.717, 1.165) is 32.6 Å². The molecule has 0 fully saturated rings. The Morgan fingerprint density at radius 2 is 2.06 bits per heavy atom. The first kappa shape index (κ1) is 14.5. The minimum Gasteiger partial charge on any atom is -0.384 e. The van der Waals surface area contributed by atoms with E-state index in [9.17, 15) is 4.39 Å². The summed E-state index contributed by atoms with van der Waals surface area (Å²) in [7, 11) is 0. The second kappa shape index (κ2) is 7.67. The van der Waals surface area contributed by atoms with E-state index in [1.165, 1.54) is 6.07 Å². The molecule has 0 radical (unpaired) electrons. The molecular formula is C14H20FN3. The summed E-state index contributed by atoms with van der Waals surface area (Å²) >= 11 is 0. The Hall–Kier alpha value is -1.60. The molecule has 0 aliphatic heterocycles. The van der Waals surface area contributed by atoms with Crippen LogP contribution in [0.1, 0.15) is 25.8 Å². The third-order valence-corrected chi connectivity index (χ3v) is 2.99. The molecule has 0 aliphatic rings. The van der Waals surface area contributed by atoms with Gasteiger partial charge in [0, 0.05) is 6.54 Å². The van der Waals surface area contributed by atoms with Crippen LogP contribution >= 0.6 is 0 Å². The first-order chi connectivity index (χ1) is 8.72. The Labute approximate surface area is 108 Å². The maximum Gasteiger partial charge on any atom is 0.143 e. The van der Waals surface area contributed by atoms with Crippen LogP contribution in [-0.4, -0.2) is 31.1 Å². The van der Waals surface area contributed by atoms with Crippen molar-refractivity contribution in [2.45, 2.75) is 20.3 Å². The zero-order valence-electron chi connectivity index (χ0n) is 11.0. The molecule has 1 aromatic rings. The Morgan fingerprint density at radius 1 is 1.33 bits per heavy atom. The van der Waals surface area contributed by atoms with Gasteiger partial charge in [-0.2, -0.15) is 5.26 Å². The highest BCUT2D eigenvalue weighted by molar-refractivity contribution is 5.57. The van der Waals surface area contributed by atoms with E-state index in [2.05, 4.69) is 24.1 Å². The first-order valence-electron chi connectivity index (χ1n) is 6.37. The SMILES string of the molecule is CCN(CC)CCCNc1cccc(F)c1C#N. The van der Waals surface area contributed by atoms with Crippen molar-refractivity contribution < 1.29 is 4.39 Å². The van der Waals surface area contributed by atoms with Crippen LogP contribution in [0.25, 0.3) is 0 Å². The number of nitriles is 1. The highest BCUT2D eigenvalue weighted by Gasteiger charge is 2.06. The van der Waals surface area contributed by atoms with E-state index in [0.29, 0.717) is 5.69 Å². The maximum atomic E-state index is 13.3. The lowest BCUT2D eigenvalue weighted by molar-refractivity contribution is 0.303. The average Bonchev–Trinajstić information content (AvgIpc) is 2.39. The Balaban J connectivity index is 2.45. The molecule has 0 aliphatic carbocycles. The van der Waals surface area contributed by atoms with Crippen LogP contribution in [-0.2, 0) is 0 Å². The van der Waals surface area contributed by atoms with E-state index >= 15 is 0 Å². The summed E-state index contributed by atoms with van der Waals surface area (Å²) < 4.78 is 13.3. The third kappa shape index (κ3) is 4.01. The molecule has 0 saturated heterocycles. The molecule has 0 unspecified atom stereocenters. The monoisotopic (exact) mass is 249 g/mol. The van der Waals surface area contributed by atoms with Crippen molar-refractivity contribution in [1.29, 1.82) is 5.26 Å². The maximum absolute atomic E-state index is 13.3. The topological polar surface area (TPSA) is 39.1 Å². The van der Waals surface area contributed by atoms with Crippen LogP contribution in [0.5, 0.6) is 0 Å². The molecule has 1 aromatic carbocycles. The van der Waals surface area contributed by atoms with Crippen molar-refractivity contribution >= 4 is 5.69 Å². The van der Waals surface area contributed by atoms with E-state index in [-0.39, 0.29) is 5.56 Å². The second-order valence-corrected chi connectivity index (χ2v) is 4.08. The van der Waals surface area contributed by atoms with Gasteiger partial charge in [-0.1, -0.05) is 19.9 Å². The standard InChI is InChI=1S/C14H20FN3/c1-3-18(4-2)10-6-9-17-14-8-5-7-13(15)12(14)11-16/h5,7-8,17H,3-4,6,9-10H2,1-2H3. The lowest BCUT2D eigenvalue weighted by atomic mass is 10.2. The van der Waals surface area contributed by atoms with Crippen LogP contribution in [0.15, 0.2) is 18.2 Å². The van der Waals surface area contributed by atoms with Crippen LogP contribution in [0, 0.1) is 17.1 Å². The van der Waals surface area contributed by atoms with Gasteiger partial charge in [-0.3, -0.25) is 0 Å². The normalized spacial score (nSPS) is 10.4. The predicted octanol–water partition coefficient (Wildman–Crippen LogP) is 2.84. The van der Waals surface area contributed by atoms with E-state index in [4.69, 9.17) is 5.26 Å². The summed E-state index contributed by atoms with van der Waals surface area (Å²) in [5.74, 6) is -0.466. The number of anilines is 1. The number of nitrogens with one attached hydrogen (secondary N) is 1. The van der Waals surface area contributed by atoms with Gasteiger partial charge >= 0.3 is 0 Å². The fraction of sp³-hybridized carbons (Fsp3) is 0.500. The van der Waals surface area contributed by atoms with Crippen molar-refractivity contribution in [3.8, 4) is 6.07 Å². The van der Waals surface area contributed by atoms with Crippen molar-refractivity contribution in [3.63, 3.8) is 0 Å². The molecule has 0 bridgehead atoms. The van der Waals surface area contributed by atoms with E-state index in [1.54, 1.807) is 12.1 Å². The zero-order chi connectivity index (χ0) is 13.4. The highest BCUT2D eigenvalue weighted by atomic mass is 19.1. The summed E-state index contributed by atoms with van der Waals surface area (Å²) in [6.07, 6.45) is 0.975. The Morgan fingerprint density at radius 3 is 2.67 bits per heavy atom. The van der Waals surface area contributed by atoms with E-state index < -0.39 is 5.82 Å². The number of hydrogen-bond acceptors (Lipinski definition) is 3. The van der Waals surface area contributed by atoms with Gasteiger partial charge in [0.1, 0.15) is 17.4 Å². The van der Waals surface area contributed by atoms with Crippen LogP contribution in [0.2, 0.25) is 0 Å². The molecule has 3 nitrogen and oxygen atoms in total. The van der Waals surface area contributed by atoms with Gasteiger partial charge < -0.3 is 10.2 Å². The molecule has 1 N–H and O–H groups in total. The van der Waals surface area contributed by atoms with Gasteiger partial charge in [0.15, 0.2) is 0 Å². The van der Waals surface area contributed by atoms with Crippen molar-refractivity contribution in [2.24, 2.45) is 0 Å².